The van der Waals surface area contributed by atoms with Crippen LogP contribution in [-0.2, 0) is 4.79 Å². The van der Waals surface area contributed by atoms with Gasteiger partial charge in [-0.3, -0.25) is 9.59 Å². The van der Waals surface area contributed by atoms with Crippen LogP contribution in [0.4, 0.5) is 0 Å². The molecule has 8 nitrogen and oxygen atoms in total. The van der Waals surface area contributed by atoms with Gasteiger partial charge in [0.25, 0.3) is 11.5 Å². The number of ether oxygens (including phenoxy) is 1. The Morgan fingerprint density at radius 3 is 2.94 bits per heavy atom. The third-order valence-electron chi connectivity index (χ3n) is 5.91. The van der Waals surface area contributed by atoms with Crippen LogP contribution in [0.2, 0.25) is 5.02 Å². The Balaban J connectivity index is 1.39. The SMILES string of the molecule is Cc1onc2c1c(=O)n(C1CCC(NC(=O)COc3ccccn3)C1)c1cccc(Cl)c21. The highest BCUT2D eigenvalue weighted by Crippen LogP contribution is 2.36. The zero-order valence-corrected chi connectivity index (χ0v) is 18.1. The van der Waals surface area contributed by atoms with Crippen molar-refractivity contribution in [1.29, 1.82) is 0 Å². The predicted octanol–water partition coefficient (Wildman–Crippen LogP) is 3.79. The summed E-state index contributed by atoms with van der Waals surface area (Å²) in [4.78, 5) is 29.8. The second kappa shape index (κ2) is 8.27. The number of pyridine rings is 2. The Kier molecular flexibility index (Phi) is 5.30. The zero-order valence-electron chi connectivity index (χ0n) is 17.4. The van der Waals surface area contributed by atoms with Crippen LogP contribution in [0.5, 0.6) is 5.88 Å². The molecule has 0 spiro atoms. The van der Waals surface area contributed by atoms with Crippen molar-refractivity contribution in [3.63, 3.8) is 0 Å². The van der Waals surface area contributed by atoms with Gasteiger partial charge in [-0.2, -0.15) is 0 Å². The molecule has 3 heterocycles. The number of benzene rings is 1. The van der Waals surface area contributed by atoms with Crippen LogP contribution in [0.3, 0.4) is 0 Å². The first-order valence-electron chi connectivity index (χ1n) is 10.4. The fourth-order valence-corrected chi connectivity index (χ4v) is 4.76. The van der Waals surface area contributed by atoms with E-state index in [2.05, 4.69) is 15.5 Å². The molecule has 1 N–H and O–H groups in total. The number of nitrogens with zero attached hydrogens (tertiary/aromatic N) is 3. The molecule has 2 atom stereocenters. The molecular weight excluding hydrogens is 432 g/mol. The van der Waals surface area contributed by atoms with E-state index in [1.807, 2.05) is 12.1 Å². The van der Waals surface area contributed by atoms with Crippen LogP contribution >= 0.6 is 11.6 Å². The molecule has 1 aliphatic carbocycles. The smallest absolute Gasteiger partial charge is 0.264 e. The number of carbonyl (C=O) groups is 1. The van der Waals surface area contributed by atoms with Crippen molar-refractivity contribution in [3.05, 3.63) is 63.7 Å². The minimum absolute atomic E-state index is 0.0553. The molecule has 5 rings (SSSR count). The molecular formula is C23H21ClN4O4. The molecule has 1 saturated carbocycles. The number of hydrogen-bond acceptors (Lipinski definition) is 6. The first-order chi connectivity index (χ1) is 15.5. The highest BCUT2D eigenvalue weighted by atomic mass is 35.5. The van der Waals surface area contributed by atoms with Crippen molar-refractivity contribution < 1.29 is 14.1 Å². The van der Waals surface area contributed by atoms with Gasteiger partial charge >= 0.3 is 0 Å². The molecule has 1 fully saturated rings. The predicted molar refractivity (Wildman–Crippen MR) is 120 cm³/mol. The fraction of sp³-hybridized carbons (Fsp3) is 0.304. The molecule has 32 heavy (non-hydrogen) atoms. The van der Waals surface area contributed by atoms with Crippen LogP contribution in [0.15, 0.2) is 51.9 Å². The molecule has 0 radical (unpaired) electrons. The summed E-state index contributed by atoms with van der Waals surface area (Å²) in [5.41, 5.74) is 1.06. The molecule has 9 heteroatoms. The van der Waals surface area contributed by atoms with Crippen molar-refractivity contribution in [2.45, 2.75) is 38.3 Å². The van der Waals surface area contributed by atoms with Gasteiger partial charge in [-0.25, -0.2) is 4.98 Å². The van der Waals surface area contributed by atoms with Gasteiger partial charge < -0.3 is 19.1 Å². The quantitative estimate of drug-likeness (QED) is 0.494. The maximum Gasteiger partial charge on any atom is 0.264 e. The van der Waals surface area contributed by atoms with Crippen LogP contribution < -0.4 is 15.6 Å². The molecule has 1 aromatic carbocycles. The lowest BCUT2D eigenvalue weighted by molar-refractivity contribution is -0.123. The van der Waals surface area contributed by atoms with Gasteiger partial charge in [0.15, 0.2) is 6.61 Å². The van der Waals surface area contributed by atoms with Gasteiger partial charge in [-0.15, -0.1) is 0 Å². The van der Waals surface area contributed by atoms with Gasteiger partial charge in [-0.1, -0.05) is 28.9 Å². The number of halogens is 1. The summed E-state index contributed by atoms with van der Waals surface area (Å²) < 4.78 is 12.5. The van der Waals surface area contributed by atoms with E-state index in [-0.39, 0.29) is 30.2 Å². The van der Waals surface area contributed by atoms with Gasteiger partial charge in [0.2, 0.25) is 5.88 Å². The van der Waals surface area contributed by atoms with E-state index in [0.717, 1.165) is 18.4 Å². The summed E-state index contributed by atoms with van der Waals surface area (Å²) in [6.07, 6.45) is 3.75. The van der Waals surface area contributed by atoms with Crippen molar-refractivity contribution in [2.24, 2.45) is 0 Å². The van der Waals surface area contributed by atoms with Crippen LogP contribution in [-0.4, -0.2) is 33.3 Å². The lowest BCUT2D eigenvalue weighted by Gasteiger charge is -2.19. The molecule has 1 aliphatic rings. The standard InChI is InChI=1S/C23H21ClN4O4/c1-13-20-22(27-32-13)21-16(24)5-4-6-17(21)28(23(20)30)15-9-8-14(11-15)26-18(29)12-31-19-7-2-3-10-25-19/h2-7,10,14-15H,8-9,11-12H2,1H3,(H,26,29). The van der Waals surface area contributed by atoms with Gasteiger partial charge in [-0.05, 0) is 44.4 Å². The number of aromatic nitrogens is 3. The lowest BCUT2D eigenvalue weighted by atomic mass is 10.1. The van der Waals surface area contributed by atoms with E-state index in [1.165, 1.54) is 0 Å². The summed E-state index contributed by atoms with van der Waals surface area (Å²) in [5.74, 6) is 0.654. The third kappa shape index (κ3) is 3.60. The number of rotatable bonds is 5. The summed E-state index contributed by atoms with van der Waals surface area (Å²) in [6.45, 7) is 1.62. The number of carbonyl (C=O) groups excluding carboxylic acids is 1. The number of fused-ring (bicyclic) bond motifs is 3. The number of nitrogens with one attached hydrogen (secondary N) is 1. The van der Waals surface area contributed by atoms with Crippen LogP contribution in [0.1, 0.15) is 31.1 Å². The van der Waals surface area contributed by atoms with Crippen molar-refractivity contribution in [3.8, 4) is 5.88 Å². The van der Waals surface area contributed by atoms with Crippen molar-refractivity contribution in [1.82, 2.24) is 20.0 Å². The van der Waals surface area contributed by atoms with Gasteiger partial charge in [0.1, 0.15) is 16.7 Å². The van der Waals surface area contributed by atoms with Crippen LogP contribution in [0, 0.1) is 6.92 Å². The maximum atomic E-state index is 13.4. The Morgan fingerprint density at radius 1 is 1.25 bits per heavy atom. The maximum absolute atomic E-state index is 13.4. The Morgan fingerprint density at radius 2 is 2.12 bits per heavy atom. The molecule has 4 aromatic rings. The topological polar surface area (TPSA) is 99.2 Å². The number of amides is 1. The van der Waals surface area contributed by atoms with E-state index in [9.17, 15) is 9.59 Å². The fourth-order valence-electron chi connectivity index (χ4n) is 4.50. The average Bonchev–Trinajstić information content (AvgIpc) is 3.40. The summed E-state index contributed by atoms with van der Waals surface area (Å²) >= 11 is 6.49. The van der Waals surface area contributed by atoms with Crippen molar-refractivity contribution >= 4 is 39.3 Å². The van der Waals surface area contributed by atoms with E-state index in [1.54, 1.807) is 42.0 Å². The van der Waals surface area contributed by atoms with Crippen LogP contribution in [0.25, 0.3) is 21.8 Å². The second-order valence-electron chi connectivity index (χ2n) is 7.96. The highest BCUT2D eigenvalue weighted by molar-refractivity contribution is 6.37. The molecule has 3 aromatic heterocycles. The van der Waals surface area contributed by atoms with Gasteiger partial charge in [0, 0.05) is 29.7 Å². The molecule has 1 amide bonds. The Labute approximate surface area is 188 Å². The first-order valence-corrected chi connectivity index (χ1v) is 10.8. The highest BCUT2D eigenvalue weighted by Gasteiger charge is 2.30. The molecule has 164 valence electrons. The molecule has 0 bridgehead atoms. The normalized spacial score (nSPS) is 18.3. The molecule has 0 aliphatic heterocycles. The number of aryl methyl sites for hydroxylation is 1. The van der Waals surface area contributed by atoms with E-state index >= 15 is 0 Å². The minimum atomic E-state index is -0.216. The van der Waals surface area contributed by atoms with Gasteiger partial charge in [0.05, 0.1) is 10.5 Å². The second-order valence-corrected chi connectivity index (χ2v) is 8.37. The largest absolute Gasteiger partial charge is 0.468 e. The Bertz CT molecular complexity index is 1370. The van der Waals surface area contributed by atoms with E-state index < -0.39 is 0 Å². The molecule has 0 saturated heterocycles. The Hall–Kier alpha value is -3.39. The average molecular weight is 453 g/mol. The monoisotopic (exact) mass is 452 g/mol. The summed E-state index contributed by atoms with van der Waals surface area (Å²) in [7, 11) is 0. The van der Waals surface area contributed by atoms with E-state index in [0.29, 0.717) is 39.4 Å². The first kappa shape index (κ1) is 20.5. The number of hydrogen-bond donors (Lipinski definition) is 1. The summed E-state index contributed by atoms with van der Waals surface area (Å²) in [5, 5.41) is 8.76. The molecule has 2 unspecified atom stereocenters. The van der Waals surface area contributed by atoms with E-state index in [4.69, 9.17) is 20.9 Å². The minimum Gasteiger partial charge on any atom is -0.468 e. The zero-order chi connectivity index (χ0) is 22.2. The lowest BCUT2D eigenvalue weighted by Crippen LogP contribution is -2.37. The summed E-state index contributed by atoms with van der Waals surface area (Å²) in [6, 6.07) is 10.6. The van der Waals surface area contributed by atoms with Crippen molar-refractivity contribution in [2.75, 3.05) is 6.61 Å². The third-order valence-corrected chi connectivity index (χ3v) is 6.22.